The zero-order chi connectivity index (χ0) is 11.5. The number of rotatable bonds is 4. The average molecular weight is 217 g/mol. The molecule has 0 spiro atoms. The Bertz CT molecular complexity index is 517. The summed E-state index contributed by atoms with van der Waals surface area (Å²) < 4.78 is 2.04. The molecule has 0 saturated heterocycles. The van der Waals surface area contributed by atoms with E-state index >= 15 is 0 Å². The molecular weight excluding hydrogens is 204 g/mol. The van der Waals surface area contributed by atoms with Crippen LogP contribution in [0.3, 0.4) is 0 Å². The van der Waals surface area contributed by atoms with Crippen molar-refractivity contribution in [2.24, 2.45) is 0 Å². The van der Waals surface area contributed by atoms with Gasteiger partial charge in [0.1, 0.15) is 5.82 Å². The molecule has 0 aliphatic rings. The number of para-hydroxylation sites is 2. The number of carbonyl (C=O) groups is 1. The predicted molar refractivity (Wildman–Crippen MR) is 58.7 cm³/mol. The van der Waals surface area contributed by atoms with Crippen LogP contribution in [0.25, 0.3) is 11.0 Å². The first kappa shape index (κ1) is 10.7. The highest BCUT2D eigenvalue weighted by atomic mass is 16.4. The van der Waals surface area contributed by atoms with E-state index in [0.717, 1.165) is 16.9 Å². The van der Waals surface area contributed by atoms with Gasteiger partial charge >= 0.3 is 0 Å². The number of benzene rings is 1. The zero-order valence-electron chi connectivity index (χ0n) is 9.14. The molecule has 0 aliphatic carbocycles. The van der Waals surface area contributed by atoms with Gasteiger partial charge in [-0.3, -0.25) is 0 Å². The standard InChI is InChI=1S/C12H14N2O2/c1-9-13-10-5-2-3-6-11(10)14(9)8-4-7-12(15)16/h2-3,5-6H,4,7-8H2,1H3,(H,15,16)/p-1. The highest BCUT2D eigenvalue weighted by molar-refractivity contribution is 5.75. The summed E-state index contributed by atoms with van der Waals surface area (Å²) in [6.45, 7) is 2.60. The Hall–Kier alpha value is -1.84. The Morgan fingerprint density at radius 1 is 1.44 bits per heavy atom. The van der Waals surface area contributed by atoms with E-state index in [4.69, 9.17) is 0 Å². The first-order valence-electron chi connectivity index (χ1n) is 5.30. The smallest absolute Gasteiger partial charge is 0.106 e. The number of hydrogen-bond donors (Lipinski definition) is 0. The molecule has 0 bridgehead atoms. The van der Waals surface area contributed by atoms with E-state index < -0.39 is 5.97 Å². The van der Waals surface area contributed by atoms with Crippen LogP contribution in [0.2, 0.25) is 0 Å². The van der Waals surface area contributed by atoms with Crippen molar-refractivity contribution in [1.82, 2.24) is 9.55 Å². The number of aliphatic carboxylic acids is 1. The van der Waals surface area contributed by atoms with E-state index in [0.29, 0.717) is 13.0 Å². The summed E-state index contributed by atoms with van der Waals surface area (Å²) in [7, 11) is 0. The van der Waals surface area contributed by atoms with Crippen molar-refractivity contribution in [3.63, 3.8) is 0 Å². The minimum Gasteiger partial charge on any atom is -0.550 e. The number of carboxylic acids is 1. The maximum absolute atomic E-state index is 10.3. The normalized spacial score (nSPS) is 10.8. The van der Waals surface area contributed by atoms with Gasteiger partial charge in [-0.1, -0.05) is 12.1 Å². The second kappa shape index (κ2) is 4.35. The monoisotopic (exact) mass is 217 g/mol. The van der Waals surface area contributed by atoms with Gasteiger partial charge in [0, 0.05) is 12.5 Å². The van der Waals surface area contributed by atoms with Crippen molar-refractivity contribution in [2.45, 2.75) is 26.3 Å². The fraction of sp³-hybridized carbons (Fsp3) is 0.333. The molecule has 0 atom stereocenters. The number of aromatic nitrogens is 2. The van der Waals surface area contributed by atoms with E-state index in [-0.39, 0.29) is 6.42 Å². The molecule has 4 heteroatoms. The fourth-order valence-corrected chi connectivity index (χ4v) is 1.86. The molecular formula is C12H13N2O2-. The van der Waals surface area contributed by atoms with Crippen molar-refractivity contribution >= 4 is 17.0 Å². The summed E-state index contributed by atoms with van der Waals surface area (Å²) in [6, 6.07) is 7.85. The Morgan fingerprint density at radius 2 is 2.19 bits per heavy atom. The van der Waals surface area contributed by atoms with Crippen molar-refractivity contribution in [1.29, 1.82) is 0 Å². The molecule has 2 aromatic rings. The van der Waals surface area contributed by atoms with E-state index in [1.165, 1.54) is 0 Å². The quantitative estimate of drug-likeness (QED) is 0.763. The van der Waals surface area contributed by atoms with Crippen LogP contribution in [0.4, 0.5) is 0 Å². The Balaban J connectivity index is 2.22. The second-order valence-corrected chi connectivity index (χ2v) is 3.77. The van der Waals surface area contributed by atoms with Gasteiger partial charge in [-0.25, -0.2) is 4.98 Å². The molecule has 84 valence electrons. The number of aryl methyl sites for hydroxylation is 2. The third-order valence-electron chi connectivity index (χ3n) is 2.61. The van der Waals surface area contributed by atoms with Gasteiger partial charge < -0.3 is 14.5 Å². The third-order valence-corrected chi connectivity index (χ3v) is 2.61. The maximum Gasteiger partial charge on any atom is 0.106 e. The number of hydrogen-bond acceptors (Lipinski definition) is 3. The molecule has 1 heterocycles. The lowest BCUT2D eigenvalue weighted by molar-refractivity contribution is -0.305. The number of carboxylic acid groups (broad SMARTS) is 1. The summed E-state index contributed by atoms with van der Waals surface area (Å²) >= 11 is 0. The molecule has 1 aromatic carbocycles. The van der Waals surface area contributed by atoms with Crippen LogP contribution in [0.1, 0.15) is 18.7 Å². The van der Waals surface area contributed by atoms with Crippen LogP contribution in [-0.4, -0.2) is 15.5 Å². The van der Waals surface area contributed by atoms with Gasteiger partial charge in [0.15, 0.2) is 0 Å². The largest absolute Gasteiger partial charge is 0.550 e. The highest BCUT2D eigenvalue weighted by Crippen LogP contribution is 2.15. The molecule has 4 nitrogen and oxygen atoms in total. The van der Waals surface area contributed by atoms with Crippen LogP contribution in [-0.2, 0) is 11.3 Å². The van der Waals surface area contributed by atoms with Crippen molar-refractivity contribution in [3.8, 4) is 0 Å². The number of fused-ring (bicyclic) bond motifs is 1. The SMILES string of the molecule is Cc1nc2ccccc2n1CCCC(=O)[O-]. The van der Waals surface area contributed by atoms with Gasteiger partial charge in [0.2, 0.25) is 0 Å². The molecule has 1 aromatic heterocycles. The average Bonchev–Trinajstić information content (AvgIpc) is 2.55. The lowest BCUT2D eigenvalue weighted by Crippen LogP contribution is -2.22. The van der Waals surface area contributed by atoms with Gasteiger partial charge in [-0.05, 0) is 31.9 Å². The van der Waals surface area contributed by atoms with Gasteiger partial charge in [-0.2, -0.15) is 0 Å². The number of carbonyl (C=O) groups excluding carboxylic acids is 1. The summed E-state index contributed by atoms with van der Waals surface area (Å²) in [5.74, 6) is -0.0818. The summed E-state index contributed by atoms with van der Waals surface area (Å²) in [6.07, 6.45) is 0.662. The molecule has 0 radical (unpaired) electrons. The van der Waals surface area contributed by atoms with E-state index in [2.05, 4.69) is 4.98 Å². The van der Waals surface area contributed by atoms with Crippen LogP contribution >= 0.6 is 0 Å². The van der Waals surface area contributed by atoms with Crippen LogP contribution in [0.5, 0.6) is 0 Å². The third kappa shape index (κ3) is 2.05. The molecule has 0 fully saturated rings. The lowest BCUT2D eigenvalue weighted by atomic mass is 10.3. The van der Waals surface area contributed by atoms with Crippen molar-refractivity contribution in [3.05, 3.63) is 30.1 Å². The fourth-order valence-electron chi connectivity index (χ4n) is 1.86. The first-order valence-corrected chi connectivity index (χ1v) is 5.30. The highest BCUT2D eigenvalue weighted by Gasteiger charge is 2.05. The van der Waals surface area contributed by atoms with Crippen LogP contribution in [0, 0.1) is 6.92 Å². The summed E-state index contributed by atoms with van der Waals surface area (Å²) in [5.41, 5.74) is 2.01. The Labute approximate surface area is 93.5 Å². The Morgan fingerprint density at radius 3 is 2.94 bits per heavy atom. The van der Waals surface area contributed by atoms with E-state index in [1.54, 1.807) is 0 Å². The predicted octanol–water partition coefficient (Wildman–Crippen LogP) is 0.875. The Kier molecular flexibility index (Phi) is 2.90. The van der Waals surface area contributed by atoms with E-state index in [1.807, 2.05) is 35.8 Å². The van der Waals surface area contributed by atoms with Gasteiger partial charge in [-0.15, -0.1) is 0 Å². The summed E-state index contributed by atoms with van der Waals surface area (Å²) in [5, 5.41) is 10.3. The van der Waals surface area contributed by atoms with Crippen molar-refractivity contribution < 1.29 is 9.90 Å². The molecule has 0 unspecified atom stereocenters. The topological polar surface area (TPSA) is 58.0 Å². The van der Waals surface area contributed by atoms with Crippen molar-refractivity contribution in [2.75, 3.05) is 0 Å². The second-order valence-electron chi connectivity index (χ2n) is 3.77. The molecule has 0 aliphatic heterocycles. The maximum atomic E-state index is 10.3. The van der Waals surface area contributed by atoms with Crippen LogP contribution < -0.4 is 5.11 Å². The van der Waals surface area contributed by atoms with E-state index in [9.17, 15) is 9.90 Å². The lowest BCUT2D eigenvalue weighted by Gasteiger charge is -2.06. The molecule has 0 saturated carbocycles. The minimum absolute atomic E-state index is 0.0892. The molecule has 0 N–H and O–H groups in total. The van der Waals surface area contributed by atoms with Crippen LogP contribution in [0.15, 0.2) is 24.3 Å². The minimum atomic E-state index is -0.998. The van der Waals surface area contributed by atoms with Gasteiger partial charge in [0.25, 0.3) is 0 Å². The van der Waals surface area contributed by atoms with Gasteiger partial charge in [0.05, 0.1) is 11.0 Å². The molecule has 0 amide bonds. The molecule has 2 rings (SSSR count). The first-order chi connectivity index (χ1) is 7.68. The zero-order valence-corrected chi connectivity index (χ0v) is 9.14. The molecule has 16 heavy (non-hydrogen) atoms. The number of nitrogens with zero attached hydrogens (tertiary/aromatic N) is 2. The number of imidazole rings is 1. The summed E-state index contributed by atoms with van der Waals surface area (Å²) in [4.78, 5) is 14.8.